The number of nitrogens with zero attached hydrogens (tertiary/aromatic N) is 1. The Balaban J connectivity index is 1.61. The number of amides is 1. The Morgan fingerprint density at radius 3 is 2.35 bits per heavy atom. The number of esters is 1. The number of benzene rings is 3. The predicted octanol–water partition coefficient (Wildman–Crippen LogP) is 6.35. The van der Waals surface area contributed by atoms with Gasteiger partial charge in [-0.05, 0) is 65.4 Å². The smallest absolute Gasteiger partial charge is 0.335 e. The minimum atomic E-state index is -0.959. The average molecular weight is 498 g/mol. The summed E-state index contributed by atoms with van der Waals surface area (Å²) in [7, 11) is 1.34. The fourth-order valence-corrected chi connectivity index (χ4v) is 4.71. The Morgan fingerprint density at radius 1 is 0.919 bits per heavy atom. The van der Waals surface area contributed by atoms with Crippen molar-refractivity contribution in [3.8, 4) is 11.1 Å². The zero-order chi connectivity index (χ0) is 26.2. The van der Waals surface area contributed by atoms with Crippen LogP contribution in [0.4, 0.5) is 5.69 Å². The Morgan fingerprint density at radius 2 is 1.65 bits per heavy atom. The van der Waals surface area contributed by atoms with Gasteiger partial charge in [0.05, 0.1) is 19.2 Å². The van der Waals surface area contributed by atoms with E-state index >= 15 is 0 Å². The minimum absolute atomic E-state index is 0.000971. The van der Waals surface area contributed by atoms with E-state index in [1.807, 2.05) is 59.5 Å². The number of carbonyl (C=O) groups is 3. The van der Waals surface area contributed by atoms with Gasteiger partial charge in [-0.1, -0.05) is 67.8 Å². The van der Waals surface area contributed by atoms with Crippen molar-refractivity contribution >= 4 is 29.6 Å². The van der Waals surface area contributed by atoms with Crippen molar-refractivity contribution in [1.29, 1.82) is 0 Å². The van der Waals surface area contributed by atoms with Crippen LogP contribution in [0.2, 0.25) is 0 Å². The first-order chi connectivity index (χ1) is 17.9. The maximum Gasteiger partial charge on any atom is 0.335 e. The molecule has 0 atom stereocenters. The monoisotopic (exact) mass is 497 g/mol. The first-order valence-electron chi connectivity index (χ1n) is 12.5. The number of rotatable bonds is 8. The van der Waals surface area contributed by atoms with Gasteiger partial charge in [0, 0.05) is 17.7 Å². The van der Waals surface area contributed by atoms with Gasteiger partial charge in [0.1, 0.15) is 0 Å². The average Bonchev–Trinajstić information content (AvgIpc) is 2.95. The van der Waals surface area contributed by atoms with Gasteiger partial charge in [0.15, 0.2) is 0 Å². The second-order valence-corrected chi connectivity index (χ2v) is 9.29. The van der Waals surface area contributed by atoms with Crippen molar-refractivity contribution in [2.24, 2.45) is 5.92 Å². The molecular formula is C31H31NO5. The summed E-state index contributed by atoms with van der Waals surface area (Å²) in [5, 5.41) is 9.30. The highest BCUT2D eigenvalue weighted by Crippen LogP contribution is 2.30. The van der Waals surface area contributed by atoms with Crippen molar-refractivity contribution in [3.05, 3.63) is 95.6 Å². The highest BCUT2D eigenvalue weighted by molar-refractivity contribution is 5.95. The summed E-state index contributed by atoms with van der Waals surface area (Å²) in [5.74, 6) is -1.28. The van der Waals surface area contributed by atoms with Crippen LogP contribution in [0.25, 0.3) is 17.2 Å². The van der Waals surface area contributed by atoms with E-state index in [9.17, 15) is 19.5 Å². The standard InChI is InChI=1S/C31H31NO5/c1-37-29(33)18-15-22-7-5-12-28(19-22)32(30(34)25-8-3-2-4-9-25)21-23-13-16-24(17-14-23)26-10-6-11-27(20-26)31(35)36/h5-7,10-20,25H,2-4,8-9,21H2,1H3,(H,35,36). The molecule has 0 heterocycles. The van der Waals surface area contributed by atoms with Gasteiger partial charge in [-0.15, -0.1) is 0 Å². The number of aromatic carboxylic acids is 1. The molecule has 4 rings (SSSR count). The lowest BCUT2D eigenvalue weighted by Gasteiger charge is -2.30. The SMILES string of the molecule is COC(=O)C=Cc1cccc(N(Cc2ccc(-c3cccc(C(=O)O)c3)cc2)C(=O)C2CCCCC2)c1. The van der Waals surface area contributed by atoms with Gasteiger partial charge in [0.25, 0.3) is 0 Å². The van der Waals surface area contributed by atoms with E-state index in [2.05, 4.69) is 4.74 Å². The van der Waals surface area contributed by atoms with E-state index in [1.54, 1.807) is 24.3 Å². The van der Waals surface area contributed by atoms with Crippen molar-refractivity contribution in [2.75, 3.05) is 12.0 Å². The summed E-state index contributed by atoms with van der Waals surface area (Å²) in [4.78, 5) is 38.4. The van der Waals surface area contributed by atoms with Crippen LogP contribution in [0.3, 0.4) is 0 Å². The summed E-state index contributed by atoms with van der Waals surface area (Å²) in [5.41, 5.74) is 4.53. The van der Waals surface area contributed by atoms with Crippen LogP contribution in [0.15, 0.2) is 78.9 Å². The molecule has 3 aromatic rings. The number of carboxylic acid groups (broad SMARTS) is 1. The zero-order valence-electron chi connectivity index (χ0n) is 20.9. The van der Waals surface area contributed by atoms with E-state index in [1.165, 1.54) is 19.6 Å². The first-order valence-corrected chi connectivity index (χ1v) is 12.5. The molecular weight excluding hydrogens is 466 g/mol. The minimum Gasteiger partial charge on any atom is -0.478 e. The molecule has 6 heteroatoms. The molecule has 1 aliphatic rings. The molecule has 1 N–H and O–H groups in total. The third-order valence-electron chi connectivity index (χ3n) is 6.75. The molecule has 1 aliphatic carbocycles. The maximum atomic E-state index is 13.7. The van der Waals surface area contributed by atoms with Gasteiger partial charge in [-0.3, -0.25) is 4.79 Å². The summed E-state index contributed by atoms with van der Waals surface area (Å²) < 4.78 is 4.69. The Hall–Kier alpha value is -4.19. The summed E-state index contributed by atoms with van der Waals surface area (Å²) >= 11 is 0. The zero-order valence-corrected chi connectivity index (χ0v) is 20.9. The predicted molar refractivity (Wildman–Crippen MR) is 144 cm³/mol. The van der Waals surface area contributed by atoms with E-state index < -0.39 is 11.9 Å². The van der Waals surface area contributed by atoms with Gasteiger partial charge < -0.3 is 14.7 Å². The number of anilines is 1. The molecule has 0 unspecified atom stereocenters. The Bertz CT molecular complexity index is 1290. The molecule has 3 aromatic carbocycles. The normalized spacial score (nSPS) is 13.9. The third kappa shape index (κ3) is 6.73. The molecule has 190 valence electrons. The number of carboxylic acids is 1. The van der Waals surface area contributed by atoms with Gasteiger partial charge in [0.2, 0.25) is 5.91 Å². The molecule has 0 aliphatic heterocycles. The number of hydrogen-bond acceptors (Lipinski definition) is 4. The number of ether oxygens (including phenoxy) is 1. The summed E-state index contributed by atoms with van der Waals surface area (Å²) in [6.45, 7) is 0.412. The van der Waals surface area contributed by atoms with Crippen LogP contribution >= 0.6 is 0 Å². The van der Waals surface area contributed by atoms with E-state index in [4.69, 9.17) is 0 Å². The van der Waals surface area contributed by atoms with Crippen molar-refractivity contribution < 1.29 is 24.2 Å². The largest absolute Gasteiger partial charge is 0.478 e. The van der Waals surface area contributed by atoms with Gasteiger partial charge in [-0.2, -0.15) is 0 Å². The Labute approximate surface area is 217 Å². The van der Waals surface area contributed by atoms with Crippen molar-refractivity contribution in [1.82, 2.24) is 0 Å². The third-order valence-corrected chi connectivity index (χ3v) is 6.75. The molecule has 0 saturated heterocycles. The molecule has 1 amide bonds. The lowest BCUT2D eigenvalue weighted by molar-refractivity contribution is -0.134. The van der Waals surface area contributed by atoms with Gasteiger partial charge >= 0.3 is 11.9 Å². The molecule has 37 heavy (non-hydrogen) atoms. The first kappa shape index (κ1) is 25.9. The number of carbonyl (C=O) groups excluding carboxylic acids is 2. The number of methoxy groups -OCH3 is 1. The van der Waals surface area contributed by atoms with Crippen LogP contribution in [-0.4, -0.2) is 30.1 Å². The van der Waals surface area contributed by atoms with E-state index in [0.29, 0.717) is 6.54 Å². The topological polar surface area (TPSA) is 83.9 Å². The molecule has 0 bridgehead atoms. The Kier molecular flexibility index (Phi) is 8.52. The maximum absolute atomic E-state index is 13.7. The van der Waals surface area contributed by atoms with Gasteiger partial charge in [-0.25, -0.2) is 9.59 Å². The number of hydrogen-bond donors (Lipinski definition) is 1. The van der Waals surface area contributed by atoms with E-state index in [0.717, 1.165) is 53.6 Å². The van der Waals surface area contributed by atoms with Crippen molar-refractivity contribution in [3.63, 3.8) is 0 Å². The second kappa shape index (κ2) is 12.2. The fraction of sp³-hybridized carbons (Fsp3) is 0.258. The molecule has 1 fully saturated rings. The van der Waals surface area contributed by atoms with E-state index in [-0.39, 0.29) is 17.4 Å². The summed E-state index contributed by atoms with van der Waals surface area (Å²) in [6.07, 6.45) is 8.14. The molecule has 1 saturated carbocycles. The lowest BCUT2D eigenvalue weighted by Crippen LogP contribution is -2.36. The molecule has 0 spiro atoms. The van der Waals surface area contributed by atoms with Crippen molar-refractivity contribution in [2.45, 2.75) is 38.6 Å². The second-order valence-electron chi connectivity index (χ2n) is 9.29. The van der Waals surface area contributed by atoms with Crippen LogP contribution < -0.4 is 4.90 Å². The summed E-state index contributed by atoms with van der Waals surface area (Å²) in [6, 6.07) is 22.3. The van der Waals surface area contributed by atoms with Crippen LogP contribution in [0, 0.1) is 5.92 Å². The highest BCUT2D eigenvalue weighted by Gasteiger charge is 2.27. The van der Waals surface area contributed by atoms with Crippen LogP contribution in [0.5, 0.6) is 0 Å². The fourth-order valence-electron chi connectivity index (χ4n) is 4.71. The molecule has 0 aromatic heterocycles. The molecule has 6 nitrogen and oxygen atoms in total. The highest BCUT2D eigenvalue weighted by atomic mass is 16.5. The van der Waals surface area contributed by atoms with Crippen LogP contribution in [-0.2, 0) is 20.9 Å². The lowest BCUT2D eigenvalue weighted by atomic mass is 9.88. The quantitative estimate of drug-likeness (QED) is 0.290. The molecule has 0 radical (unpaired) electrons. The van der Waals surface area contributed by atoms with Crippen LogP contribution in [0.1, 0.15) is 53.6 Å².